The fourth-order valence-corrected chi connectivity index (χ4v) is 4.40. The van der Waals surface area contributed by atoms with Gasteiger partial charge in [-0.2, -0.15) is 0 Å². The number of fused-ring (bicyclic) bond motifs is 1. The minimum Gasteiger partial charge on any atom is -0.491 e. The molecule has 2 N–H and O–H groups in total. The number of benzene rings is 2. The molecule has 0 amide bonds. The molecule has 1 saturated carbocycles. The number of hydrogen-bond acceptors (Lipinski definition) is 4. The number of aliphatic hydroxyl groups is 1. The molecule has 0 radical (unpaired) electrons. The van der Waals surface area contributed by atoms with Crippen molar-refractivity contribution in [2.45, 2.75) is 51.4 Å². The lowest BCUT2D eigenvalue weighted by Crippen LogP contribution is -2.14. The van der Waals surface area contributed by atoms with Gasteiger partial charge in [0.05, 0.1) is 24.6 Å². The monoisotopic (exact) mass is 423 g/mol. The van der Waals surface area contributed by atoms with E-state index in [1.54, 1.807) is 0 Å². The second-order valence-corrected chi connectivity index (χ2v) is 8.14. The van der Waals surface area contributed by atoms with Crippen LogP contribution in [0.5, 0.6) is 5.75 Å². The maximum Gasteiger partial charge on any atom is 0.307 e. The molecule has 1 heterocycles. The molecular weight excluding hydrogens is 394 g/mol. The zero-order valence-corrected chi connectivity index (χ0v) is 17.8. The molecule has 0 bridgehead atoms. The van der Waals surface area contributed by atoms with Crippen LogP contribution in [0.3, 0.4) is 0 Å². The molecule has 3 aromatic rings. The van der Waals surface area contributed by atoms with Gasteiger partial charge in [0.15, 0.2) is 6.23 Å². The Labute approximate surface area is 182 Å². The molecule has 4 rings (SSSR count). The van der Waals surface area contributed by atoms with Crippen molar-refractivity contribution in [3.63, 3.8) is 0 Å². The van der Waals surface area contributed by atoms with E-state index in [1.165, 1.54) is 12.8 Å². The summed E-state index contributed by atoms with van der Waals surface area (Å²) in [5, 5.41) is 21.1. The highest BCUT2D eigenvalue weighted by molar-refractivity contribution is 5.88. The van der Waals surface area contributed by atoms with Gasteiger partial charge in [-0.15, -0.1) is 0 Å². The lowest BCUT2D eigenvalue weighted by Gasteiger charge is -2.18. The Morgan fingerprint density at radius 2 is 1.87 bits per heavy atom. The van der Waals surface area contributed by atoms with Gasteiger partial charge in [0.1, 0.15) is 12.4 Å². The third kappa shape index (κ3) is 4.92. The highest BCUT2D eigenvalue weighted by Crippen LogP contribution is 2.30. The molecule has 164 valence electrons. The van der Waals surface area contributed by atoms with E-state index in [2.05, 4.69) is 0 Å². The predicted molar refractivity (Wildman–Crippen MR) is 119 cm³/mol. The molecule has 1 aliphatic carbocycles. The number of aryl methyl sites for hydroxylation is 1. The number of carboxylic acid groups (broad SMARTS) is 1. The summed E-state index contributed by atoms with van der Waals surface area (Å²) in [6.07, 6.45) is 4.27. The van der Waals surface area contributed by atoms with Crippen LogP contribution in [-0.4, -0.2) is 40.1 Å². The van der Waals surface area contributed by atoms with Gasteiger partial charge in [0.2, 0.25) is 0 Å². The summed E-state index contributed by atoms with van der Waals surface area (Å²) in [7, 11) is 0. The largest absolute Gasteiger partial charge is 0.491 e. The lowest BCUT2D eigenvalue weighted by atomic mass is 10.1. The Morgan fingerprint density at radius 1 is 1.13 bits per heavy atom. The number of nitrogens with zero attached hydrogens (tertiary/aromatic N) is 1. The van der Waals surface area contributed by atoms with E-state index < -0.39 is 12.2 Å². The second-order valence-electron chi connectivity index (χ2n) is 8.14. The molecule has 0 saturated heterocycles. The quantitative estimate of drug-likeness (QED) is 0.497. The molecule has 1 aliphatic rings. The number of hydrogen-bond donors (Lipinski definition) is 2. The van der Waals surface area contributed by atoms with Gasteiger partial charge >= 0.3 is 5.97 Å². The Kier molecular flexibility index (Phi) is 6.59. The molecule has 6 heteroatoms. The number of aliphatic carboxylic acids is 1. The summed E-state index contributed by atoms with van der Waals surface area (Å²) < 4.78 is 13.4. The molecule has 6 nitrogen and oxygen atoms in total. The van der Waals surface area contributed by atoms with Crippen LogP contribution >= 0.6 is 0 Å². The number of ether oxygens (including phenoxy) is 2. The third-order valence-corrected chi connectivity index (χ3v) is 5.94. The predicted octanol–water partition coefficient (Wildman–Crippen LogP) is 4.45. The topological polar surface area (TPSA) is 80.9 Å². The van der Waals surface area contributed by atoms with Gasteiger partial charge in [0.25, 0.3) is 0 Å². The van der Waals surface area contributed by atoms with Crippen molar-refractivity contribution in [3.05, 3.63) is 65.4 Å². The zero-order chi connectivity index (χ0) is 21.8. The van der Waals surface area contributed by atoms with Crippen LogP contribution in [0, 0.1) is 6.92 Å². The van der Waals surface area contributed by atoms with E-state index >= 15 is 0 Å². The minimum atomic E-state index is -0.877. The first-order valence-corrected chi connectivity index (χ1v) is 10.9. The molecule has 31 heavy (non-hydrogen) atoms. The summed E-state index contributed by atoms with van der Waals surface area (Å²) in [4.78, 5) is 11.2. The summed E-state index contributed by atoms with van der Waals surface area (Å²) in [6.45, 7) is 3.00. The summed E-state index contributed by atoms with van der Waals surface area (Å²) >= 11 is 0. The van der Waals surface area contributed by atoms with Gasteiger partial charge in [-0.25, -0.2) is 0 Å². The summed E-state index contributed by atoms with van der Waals surface area (Å²) in [6, 6.07) is 14.9. The lowest BCUT2D eigenvalue weighted by molar-refractivity contribution is -0.136. The van der Waals surface area contributed by atoms with Crippen molar-refractivity contribution in [1.29, 1.82) is 0 Å². The third-order valence-electron chi connectivity index (χ3n) is 5.94. The molecule has 1 unspecified atom stereocenters. The van der Waals surface area contributed by atoms with E-state index in [1.807, 2.05) is 60.0 Å². The van der Waals surface area contributed by atoms with Crippen LogP contribution in [0.15, 0.2) is 48.5 Å². The number of carbonyl (C=O) groups is 1. The minimum absolute atomic E-state index is 0.0482. The number of aromatic nitrogens is 1. The van der Waals surface area contributed by atoms with Gasteiger partial charge in [-0.3, -0.25) is 4.79 Å². The van der Waals surface area contributed by atoms with Crippen LogP contribution in [-0.2, 0) is 16.0 Å². The summed E-state index contributed by atoms with van der Waals surface area (Å²) in [5.41, 5.74) is 3.15. The Hall–Kier alpha value is -2.83. The smallest absolute Gasteiger partial charge is 0.307 e. The first-order chi connectivity index (χ1) is 15.0. The van der Waals surface area contributed by atoms with Crippen molar-refractivity contribution in [1.82, 2.24) is 4.57 Å². The average Bonchev–Trinajstić information content (AvgIpc) is 3.38. The van der Waals surface area contributed by atoms with E-state index in [9.17, 15) is 15.0 Å². The maximum atomic E-state index is 11.2. The van der Waals surface area contributed by atoms with Crippen molar-refractivity contribution >= 4 is 16.9 Å². The first-order valence-electron chi connectivity index (χ1n) is 10.9. The molecule has 1 atom stereocenters. The highest BCUT2D eigenvalue weighted by Gasteiger charge is 2.18. The van der Waals surface area contributed by atoms with Crippen LogP contribution in [0.4, 0.5) is 0 Å². The van der Waals surface area contributed by atoms with Gasteiger partial charge in [-0.05, 0) is 49.6 Å². The Morgan fingerprint density at radius 3 is 2.58 bits per heavy atom. The Bertz CT molecular complexity index is 1030. The number of rotatable bonds is 9. The van der Waals surface area contributed by atoms with Crippen molar-refractivity contribution in [2.24, 2.45) is 0 Å². The molecule has 1 aromatic heterocycles. The maximum absolute atomic E-state index is 11.2. The van der Waals surface area contributed by atoms with Gasteiger partial charge < -0.3 is 24.3 Å². The van der Waals surface area contributed by atoms with Gasteiger partial charge in [0, 0.05) is 16.6 Å². The number of carboxylic acids is 1. The van der Waals surface area contributed by atoms with Gasteiger partial charge in [-0.1, -0.05) is 37.1 Å². The molecule has 2 aromatic carbocycles. The normalized spacial score (nSPS) is 15.4. The molecule has 0 aliphatic heterocycles. The van der Waals surface area contributed by atoms with Crippen molar-refractivity contribution in [3.8, 4) is 5.75 Å². The second kappa shape index (κ2) is 9.54. The van der Waals surface area contributed by atoms with E-state index in [0.717, 1.165) is 46.3 Å². The van der Waals surface area contributed by atoms with Crippen LogP contribution in [0.2, 0.25) is 0 Å². The highest BCUT2D eigenvalue weighted by atomic mass is 16.5. The van der Waals surface area contributed by atoms with Crippen molar-refractivity contribution in [2.75, 3.05) is 13.2 Å². The standard InChI is InChI=1S/C25H29NO5/c1-17-15-22-19(16-24(27)28)5-4-8-23(22)26(17)25(29)18-9-11-21(12-10-18)31-14-13-30-20-6-2-3-7-20/h4-5,8-12,15,20,25,29H,2-3,6-7,13-14,16H2,1H3,(H,27,28). The summed E-state index contributed by atoms with van der Waals surface area (Å²) in [5.74, 6) is -0.133. The molecule has 1 fully saturated rings. The molecule has 0 spiro atoms. The fourth-order valence-electron chi connectivity index (χ4n) is 4.40. The first kappa shape index (κ1) is 21.4. The zero-order valence-electron chi connectivity index (χ0n) is 17.8. The van der Waals surface area contributed by atoms with E-state index in [4.69, 9.17) is 9.47 Å². The van der Waals surface area contributed by atoms with E-state index in [0.29, 0.717) is 19.3 Å². The van der Waals surface area contributed by atoms with Crippen LogP contribution in [0.25, 0.3) is 10.9 Å². The molecular formula is C25H29NO5. The van der Waals surface area contributed by atoms with Crippen LogP contribution < -0.4 is 4.74 Å². The van der Waals surface area contributed by atoms with E-state index in [-0.39, 0.29) is 6.42 Å². The fraction of sp³-hybridized carbons (Fsp3) is 0.400. The van der Waals surface area contributed by atoms with Crippen LogP contribution in [0.1, 0.15) is 48.7 Å². The number of aliphatic hydroxyl groups excluding tert-OH is 1. The van der Waals surface area contributed by atoms with Crippen molar-refractivity contribution < 1.29 is 24.5 Å². The SMILES string of the molecule is Cc1cc2c(CC(=O)O)cccc2n1C(O)c1ccc(OCCOC2CCCC2)cc1. The Balaban J connectivity index is 1.44. The average molecular weight is 424 g/mol.